The SMILES string of the molecule is CCC(C)c1cc2c(NC3CCC(N)CC3)c(C(=O)Nc3ccc(F)cc3)cnc2[nH]1. The molecule has 1 saturated carbocycles. The number of halogens is 1. The number of amides is 1. The zero-order valence-corrected chi connectivity index (χ0v) is 18.0. The topological polar surface area (TPSA) is 95.8 Å². The van der Waals surface area contributed by atoms with E-state index in [0.29, 0.717) is 17.2 Å². The molecule has 4 rings (SSSR count). The van der Waals surface area contributed by atoms with E-state index in [2.05, 4.69) is 40.5 Å². The molecule has 31 heavy (non-hydrogen) atoms. The Bertz CT molecular complexity index is 1050. The number of carbonyl (C=O) groups is 1. The number of aromatic amines is 1. The van der Waals surface area contributed by atoms with Crippen LogP contribution in [0.3, 0.4) is 0 Å². The highest BCUT2D eigenvalue weighted by molar-refractivity contribution is 6.12. The van der Waals surface area contributed by atoms with Crippen LogP contribution in [0.5, 0.6) is 0 Å². The molecule has 1 amide bonds. The van der Waals surface area contributed by atoms with Gasteiger partial charge in [-0.25, -0.2) is 9.37 Å². The van der Waals surface area contributed by atoms with Crippen LogP contribution in [0.15, 0.2) is 36.5 Å². The highest BCUT2D eigenvalue weighted by Gasteiger charge is 2.24. The number of rotatable bonds is 6. The summed E-state index contributed by atoms with van der Waals surface area (Å²) in [6.45, 7) is 4.32. The van der Waals surface area contributed by atoms with Crippen molar-refractivity contribution in [2.45, 2.75) is 64.0 Å². The Labute approximate surface area is 181 Å². The second-order valence-corrected chi connectivity index (χ2v) is 8.56. The summed E-state index contributed by atoms with van der Waals surface area (Å²) < 4.78 is 13.2. The van der Waals surface area contributed by atoms with Gasteiger partial charge in [-0.05, 0) is 68.4 Å². The summed E-state index contributed by atoms with van der Waals surface area (Å²) in [7, 11) is 0. The van der Waals surface area contributed by atoms with Crippen LogP contribution in [0.2, 0.25) is 0 Å². The number of carbonyl (C=O) groups excluding carboxylic acids is 1. The number of anilines is 2. The molecule has 1 aliphatic carbocycles. The van der Waals surface area contributed by atoms with Gasteiger partial charge in [0.1, 0.15) is 11.5 Å². The van der Waals surface area contributed by atoms with E-state index in [1.165, 1.54) is 12.1 Å². The van der Waals surface area contributed by atoms with Gasteiger partial charge in [0.2, 0.25) is 0 Å². The molecule has 1 unspecified atom stereocenters. The quantitative estimate of drug-likeness (QED) is 0.441. The fourth-order valence-electron chi connectivity index (χ4n) is 4.11. The molecule has 0 bridgehead atoms. The maximum Gasteiger partial charge on any atom is 0.259 e. The van der Waals surface area contributed by atoms with Gasteiger partial charge in [0.05, 0.1) is 11.3 Å². The molecule has 0 saturated heterocycles. The van der Waals surface area contributed by atoms with Gasteiger partial charge in [-0.2, -0.15) is 0 Å². The minimum atomic E-state index is -0.344. The summed E-state index contributed by atoms with van der Waals surface area (Å²) in [6.07, 6.45) is 6.48. The van der Waals surface area contributed by atoms with Crippen LogP contribution in [0.4, 0.5) is 15.8 Å². The van der Waals surface area contributed by atoms with Crippen molar-refractivity contribution in [2.75, 3.05) is 10.6 Å². The normalized spacial score (nSPS) is 19.9. The number of hydrogen-bond donors (Lipinski definition) is 4. The van der Waals surface area contributed by atoms with Gasteiger partial charge < -0.3 is 21.4 Å². The number of benzene rings is 1. The van der Waals surface area contributed by atoms with Gasteiger partial charge in [-0.3, -0.25) is 4.79 Å². The lowest BCUT2D eigenvalue weighted by Gasteiger charge is -2.28. The molecule has 2 heterocycles. The van der Waals surface area contributed by atoms with E-state index in [1.54, 1.807) is 18.3 Å². The lowest BCUT2D eigenvalue weighted by atomic mass is 9.91. The van der Waals surface area contributed by atoms with E-state index in [9.17, 15) is 9.18 Å². The van der Waals surface area contributed by atoms with Crippen molar-refractivity contribution in [2.24, 2.45) is 5.73 Å². The minimum Gasteiger partial charge on any atom is -0.381 e. The molecule has 164 valence electrons. The fraction of sp³-hybridized carbons (Fsp3) is 0.417. The van der Waals surface area contributed by atoms with E-state index in [4.69, 9.17) is 5.73 Å². The molecule has 7 heteroatoms. The predicted octanol–water partition coefficient (Wildman–Crippen LogP) is 5.15. The Kier molecular flexibility index (Phi) is 6.23. The first-order valence-electron chi connectivity index (χ1n) is 11.0. The molecule has 2 aromatic heterocycles. The number of nitrogens with two attached hydrogens (primary N) is 1. The minimum absolute atomic E-state index is 0.251. The molecule has 5 N–H and O–H groups in total. The average Bonchev–Trinajstić information content (AvgIpc) is 3.21. The van der Waals surface area contributed by atoms with E-state index in [1.807, 2.05) is 0 Å². The summed E-state index contributed by atoms with van der Waals surface area (Å²) in [5.74, 6) is -0.252. The Morgan fingerprint density at radius 3 is 2.65 bits per heavy atom. The van der Waals surface area contributed by atoms with Crippen LogP contribution >= 0.6 is 0 Å². The van der Waals surface area contributed by atoms with Crippen LogP contribution in [-0.2, 0) is 0 Å². The van der Waals surface area contributed by atoms with Crippen LogP contribution in [-0.4, -0.2) is 28.0 Å². The standard InChI is InChI=1S/C24H30FN5O/c1-3-14(2)21-12-19-22(28-17-10-6-16(26)7-11-17)20(13-27-23(19)30-21)24(31)29-18-8-4-15(25)5-9-18/h4-5,8-9,12-14,16-17H,3,6-7,10-11,26H2,1-2H3,(H,29,31)(H2,27,28,30). The molecule has 3 aromatic rings. The summed E-state index contributed by atoms with van der Waals surface area (Å²) in [5.41, 5.74) is 9.75. The van der Waals surface area contributed by atoms with Gasteiger partial charge in [-0.15, -0.1) is 0 Å². The Balaban J connectivity index is 1.70. The number of nitrogens with zero attached hydrogens (tertiary/aromatic N) is 1. The molecule has 6 nitrogen and oxygen atoms in total. The zero-order chi connectivity index (χ0) is 22.0. The fourth-order valence-corrected chi connectivity index (χ4v) is 4.11. The number of nitrogens with one attached hydrogen (secondary N) is 3. The largest absolute Gasteiger partial charge is 0.381 e. The Morgan fingerprint density at radius 1 is 1.26 bits per heavy atom. The molecule has 1 aromatic carbocycles. The molecule has 0 radical (unpaired) electrons. The second-order valence-electron chi connectivity index (χ2n) is 8.56. The van der Waals surface area contributed by atoms with E-state index >= 15 is 0 Å². The van der Waals surface area contributed by atoms with Crippen molar-refractivity contribution in [3.63, 3.8) is 0 Å². The lowest BCUT2D eigenvalue weighted by molar-refractivity contribution is 0.102. The highest BCUT2D eigenvalue weighted by atomic mass is 19.1. The van der Waals surface area contributed by atoms with Crippen molar-refractivity contribution in [1.82, 2.24) is 9.97 Å². The second kappa shape index (κ2) is 9.06. The van der Waals surface area contributed by atoms with Crippen molar-refractivity contribution in [3.05, 3.63) is 53.6 Å². The maximum absolute atomic E-state index is 13.2. The first-order chi connectivity index (χ1) is 14.9. The molecule has 1 atom stereocenters. The van der Waals surface area contributed by atoms with Gasteiger partial charge in [0, 0.05) is 35.0 Å². The van der Waals surface area contributed by atoms with E-state index < -0.39 is 0 Å². The Morgan fingerprint density at radius 2 is 1.97 bits per heavy atom. The summed E-state index contributed by atoms with van der Waals surface area (Å²) in [4.78, 5) is 21.1. The molecule has 1 fully saturated rings. The molecular weight excluding hydrogens is 393 g/mol. The van der Waals surface area contributed by atoms with E-state index in [-0.39, 0.29) is 23.8 Å². The number of pyridine rings is 1. The highest BCUT2D eigenvalue weighted by Crippen LogP contribution is 2.33. The number of fused-ring (bicyclic) bond motifs is 1. The first-order valence-corrected chi connectivity index (χ1v) is 11.0. The number of H-pyrrole nitrogens is 1. The van der Waals surface area contributed by atoms with Crippen molar-refractivity contribution in [3.8, 4) is 0 Å². The van der Waals surface area contributed by atoms with Crippen LogP contribution < -0.4 is 16.4 Å². The van der Waals surface area contributed by atoms with Crippen LogP contribution in [0, 0.1) is 5.82 Å². The van der Waals surface area contributed by atoms with Crippen molar-refractivity contribution < 1.29 is 9.18 Å². The maximum atomic E-state index is 13.2. The van der Waals surface area contributed by atoms with Crippen molar-refractivity contribution in [1.29, 1.82) is 0 Å². The monoisotopic (exact) mass is 423 g/mol. The van der Waals surface area contributed by atoms with Crippen LogP contribution in [0.25, 0.3) is 11.0 Å². The summed E-state index contributed by atoms with van der Waals surface area (Å²) >= 11 is 0. The zero-order valence-electron chi connectivity index (χ0n) is 18.0. The molecular formula is C24H30FN5O. The third kappa shape index (κ3) is 4.71. The Hall–Kier alpha value is -2.93. The smallest absolute Gasteiger partial charge is 0.259 e. The summed E-state index contributed by atoms with van der Waals surface area (Å²) in [5, 5.41) is 7.40. The lowest BCUT2D eigenvalue weighted by Crippen LogP contribution is -2.33. The van der Waals surface area contributed by atoms with Gasteiger partial charge in [-0.1, -0.05) is 13.8 Å². The van der Waals surface area contributed by atoms with Crippen LogP contribution in [0.1, 0.15) is 67.9 Å². The predicted molar refractivity (Wildman–Crippen MR) is 123 cm³/mol. The summed E-state index contributed by atoms with van der Waals surface area (Å²) in [6, 6.07) is 8.35. The number of hydrogen-bond acceptors (Lipinski definition) is 4. The van der Waals surface area contributed by atoms with Crippen molar-refractivity contribution >= 4 is 28.3 Å². The third-order valence-corrected chi connectivity index (χ3v) is 6.29. The van der Waals surface area contributed by atoms with E-state index in [0.717, 1.165) is 54.5 Å². The van der Waals surface area contributed by atoms with Gasteiger partial charge in [0.15, 0.2) is 0 Å². The molecule has 1 aliphatic rings. The van der Waals surface area contributed by atoms with Gasteiger partial charge in [0.25, 0.3) is 5.91 Å². The molecule has 0 aliphatic heterocycles. The third-order valence-electron chi connectivity index (χ3n) is 6.29. The molecule has 0 spiro atoms. The average molecular weight is 424 g/mol. The number of aromatic nitrogens is 2. The first kappa shape index (κ1) is 21.3. The van der Waals surface area contributed by atoms with Gasteiger partial charge >= 0.3 is 0 Å².